The van der Waals surface area contributed by atoms with E-state index in [9.17, 15) is 0 Å². The number of benzene rings is 2. The summed E-state index contributed by atoms with van der Waals surface area (Å²) in [5.74, 6) is 2.97. The fraction of sp³-hybridized carbons (Fsp3) is 0.238. The van der Waals surface area contributed by atoms with Crippen LogP contribution in [0.25, 0.3) is 0 Å². The van der Waals surface area contributed by atoms with Crippen molar-refractivity contribution in [1.29, 1.82) is 0 Å². The molecule has 0 bridgehead atoms. The van der Waals surface area contributed by atoms with E-state index in [2.05, 4.69) is 39.7 Å². The molecule has 2 N–H and O–H groups in total. The van der Waals surface area contributed by atoms with Gasteiger partial charge in [0, 0.05) is 18.3 Å². The Morgan fingerprint density at radius 1 is 1.00 bits per heavy atom. The molecule has 0 fully saturated rings. The standard InChI is InChI=1S/C21H22N4O2/c1-14-10-20(22-12-16-8-9-18-19(11-16)27-13-26-18)25-21(23-14)24-15(2)17-6-4-3-5-7-17/h3-11,15H,12-13H2,1-2H3,(H2,22,23,24,25). The fourth-order valence-corrected chi connectivity index (χ4v) is 2.99. The molecule has 4 rings (SSSR count). The van der Waals surface area contributed by atoms with E-state index >= 15 is 0 Å². The van der Waals surface area contributed by atoms with Crippen molar-refractivity contribution in [2.24, 2.45) is 0 Å². The molecule has 1 aromatic heterocycles. The molecule has 2 heterocycles. The van der Waals surface area contributed by atoms with Crippen molar-refractivity contribution in [1.82, 2.24) is 9.97 Å². The topological polar surface area (TPSA) is 68.3 Å². The molecule has 27 heavy (non-hydrogen) atoms. The van der Waals surface area contributed by atoms with Crippen molar-refractivity contribution < 1.29 is 9.47 Å². The number of rotatable bonds is 6. The van der Waals surface area contributed by atoms with Crippen molar-refractivity contribution in [3.63, 3.8) is 0 Å². The summed E-state index contributed by atoms with van der Waals surface area (Å²) in [4.78, 5) is 9.10. The lowest BCUT2D eigenvalue weighted by Crippen LogP contribution is -2.11. The lowest BCUT2D eigenvalue weighted by Gasteiger charge is -2.15. The molecular weight excluding hydrogens is 340 g/mol. The van der Waals surface area contributed by atoms with Gasteiger partial charge >= 0.3 is 0 Å². The van der Waals surface area contributed by atoms with Crippen LogP contribution in [0.5, 0.6) is 11.5 Å². The Balaban J connectivity index is 1.44. The number of hydrogen-bond acceptors (Lipinski definition) is 6. The van der Waals surface area contributed by atoms with Gasteiger partial charge in [-0.1, -0.05) is 36.4 Å². The predicted molar refractivity (Wildman–Crippen MR) is 105 cm³/mol. The largest absolute Gasteiger partial charge is 0.454 e. The van der Waals surface area contributed by atoms with Gasteiger partial charge in [0.1, 0.15) is 5.82 Å². The minimum absolute atomic E-state index is 0.120. The second-order valence-corrected chi connectivity index (χ2v) is 6.54. The van der Waals surface area contributed by atoms with Crippen LogP contribution in [0.2, 0.25) is 0 Å². The molecule has 3 aromatic rings. The van der Waals surface area contributed by atoms with Crippen molar-refractivity contribution >= 4 is 11.8 Å². The maximum Gasteiger partial charge on any atom is 0.231 e. The molecule has 2 aromatic carbocycles. The molecule has 1 aliphatic heterocycles. The van der Waals surface area contributed by atoms with Gasteiger partial charge in [-0.15, -0.1) is 0 Å². The Labute approximate surface area is 158 Å². The zero-order chi connectivity index (χ0) is 18.6. The average molecular weight is 362 g/mol. The number of nitrogens with zero attached hydrogens (tertiary/aromatic N) is 2. The number of nitrogens with one attached hydrogen (secondary N) is 2. The van der Waals surface area contributed by atoms with Crippen LogP contribution >= 0.6 is 0 Å². The van der Waals surface area contributed by atoms with Crippen molar-refractivity contribution in [2.45, 2.75) is 26.4 Å². The lowest BCUT2D eigenvalue weighted by atomic mass is 10.1. The van der Waals surface area contributed by atoms with Crippen molar-refractivity contribution in [3.8, 4) is 11.5 Å². The van der Waals surface area contributed by atoms with Crippen LogP contribution in [0.3, 0.4) is 0 Å². The van der Waals surface area contributed by atoms with Gasteiger partial charge in [0.15, 0.2) is 11.5 Å². The molecule has 1 atom stereocenters. The van der Waals surface area contributed by atoms with E-state index in [1.165, 1.54) is 5.56 Å². The first-order valence-corrected chi connectivity index (χ1v) is 8.97. The smallest absolute Gasteiger partial charge is 0.231 e. The lowest BCUT2D eigenvalue weighted by molar-refractivity contribution is 0.174. The Kier molecular flexibility index (Phi) is 4.78. The predicted octanol–water partition coefficient (Wildman–Crippen LogP) is 4.30. The van der Waals surface area contributed by atoms with E-state index < -0.39 is 0 Å². The maximum atomic E-state index is 5.43. The first-order valence-electron chi connectivity index (χ1n) is 8.97. The number of hydrogen-bond donors (Lipinski definition) is 2. The SMILES string of the molecule is Cc1cc(NCc2ccc3c(c2)OCO3)nc(NC(C)c2ccccc2)n1. The monoisotopic (exact) mass is 362 g/mol. The molecule has 138 valence electrons. The fourth-order valence-electron chi connectivity index (χ4n) is 2.99. The van der Waals surface area contributed by atoms with E-state index in [0.717, 1.165) is 28.6 Å². The molecule has 0 spiro atoms. The highest BCUT2D eigenvalue weighted by Crippen LogP contribution is 2.32. The highest BCUT2D eigenvalue weighted by molar-refractivity contribution is 5.47. The number of aromatic nitrogens is 2. The van der Waals surface area contributed by atoms with Crippen LogP contribution < -0.4 is 20.1 Å². The van der Waals surface area contributed by atoms with Gasteiger partial charge in [0.25, 0.3) is 0 Å². The first-order chi connectivity index (χ1) is 13.2. The summed E-state index contributed by atoms with van der Waals surface area (Å²) in [5.41, 5.74) is 3.20. The highest BCUT2D eigenvalue weighted by Gasteiger charge is 2.13. The van der Waals surface area contributed by atoms with E-state index in [-0.39, 0.29) is 12.8 Å². The van der Waals surface area contributed by atoms with Gasteiger partial charge < -0.3 is 20.1 Å². The third-order valence-electron chi connectivity index (χ3n) is 4.41. The Morgan fingerprint density at radius 3 is 2.67 bits per heavy atom. The summed E-state index contributed by atoms with van der Waals surface area (Å²) >= 11 is 0. The van der Waals surface area contributed by atoms with Crippen LogP contribution in [0.4, 0.5) is 11.8 Å². The van der Waals surface area contributed by atoms with Gasteiger partial charge in [-0.3, -0.25) is 0 Å². The summed E-state index contributed by atoms with van der Waals surface area (Å²) in [6.07, 6.45) is 0. The van der Waals surface area contributed by atoms with Gasteiger partial charge in [-0.2, -0.15) is 4.98 Å². The van der Waals surface area contributed by atoms with E-state index in [4.69, 9.17) is 9.47 Å². The second kappa shape index (κ2) is 7.53. The van der Waals surface area contributed by atoms with Gasteiger partial charge in [-0.05, 0) is 37.1 Å². The summed E-state index contributed by atoms with van der Waals surface area (Å²) in [5, 5.41) is 6.73. The highest BCUT2D eigenvalue weighted by atomic mass is 16.7. The Morgan fingerprint density at radius 2 is 1.81 bits per heavy atom. The van der Waals surface area contributed by atoms with Crippen molar-refractivity contribution in [2.75, 3.05) is 17.4 Å². The number of aryl methyl sites for hydroxylation is 1. The quantitative estimate of drug-likeness (QED) is 0.681. The Hall–Kier alpha value is -3.28. The third kappa shape index (κ3) is 4.11. The first kappa shape index (κ1) is 17.1. The molecular formula is C21H22N4O2. The van der Waals surface area contributed by atoms with E-state index in [1.807, 2.05) is 49.4 Å². The number of anilines is 2. The molecule has 0 amide bonds. The number of ether oxygens (including phenoxy) is 2. The van der Waals surface area contributed by atoms with Crippen LogP contribution in [0.1, 0.15) is 29.8 Å². The van der Waals surface area contributed by atoms with E-state index in [1.54, 1.807) is 0 Å². The summed E-state index contributed by atoms with van der Waals surface area (Å²) in [6.45, 7) is 4.99. The zero-order valence-corrected chi connectivity index (χ0v) is 15.4. The second-order valence-electron chi connectivity index (χ2n) is 6.54. The molecule has 1 aliphatic rings. The molecule has 6 heteroatoms. The molecule has 0 saturated carbocycles. The van der Waals surface area contributed by atoms with Gasteiger partial charge in [-0.25, -0.2) is 4.98 Å². The summed E-state index contributed by atoms with van der Waals surface area (Å²) < 4.78 is 10.8. The minimum atomic E-state index is 0.120. The van der Waals surface area contributed by atoms with Gasteiger partial charge in [0.2, 0.25) is 12.7 Å². The van der Waals surface area contributed by atoms with Crippen LogP contribution in [0.15, 0.2) is 54.6 Å². The van der Waals surface area contributed by atoms with Crippen LogP contribution in [-0.2, 0) is 6.54 Å². The normalized spacial score (nSPS) is 13.3. The average Bonchev–Trinajstić information content (AvgIpc) is 3.14. The molecule has 6 nitrogen and oxygen atoms in total. The molecule has 0 radical (unpaired) electrons. The third-order valence-corrected chi connectivity index (χ3v) is 4.41. The molecule has 0 saturated heterocycles. The number of fused-ring (bicyclic) bond motifs is 1. The van der Waals surface area contributed by atoms with Crippen LogP contribution in [-0.4, -0.2) is 16.8 Å². The summed E-state index contributed by atoms with van der Waals surface area (Å²) in [6, 6.07) is 18.2. The van der Waals surface area contributed by atoms with Gasteiger partial charge in [0.05, 0.1) is 6.04 Å². The molecule has 1 unspecified atom stereocenters. The maximum absolute atomic E-state index is 5.43. The Bertz CT molecular complexity index is 931. The van der Waals surface area contributed by atoms with Crippen molar-refractivity contribution in [3.05, 3.63) is 71.4 Å². The summed E-state index contributed by atoms with van der Waals surface area (Å²) in [7, 11) is 0. The zero-order valence-electron chi connectivity index (χ0n) is 15.4. The minimum Gasteiger partial charge on any atom is -0.454 e. The molecule has 0 aliphatic carbocycles. The van der Waals surface area contributed by atoms with Crippen LogP contribution in [0, 0.1) is 6.92 Å². The van der Waals surface area contributed by atoms with E-state index in [0.29, 0.717) is 12.5 Å².